The first-order valence-corrected chi connectivity index (χ1v) is 8.18. The van der Waals surface area contributed by atoms with Crippen LogP contribution in [0, 0.1) is 0 Å². The molecule has 6 nitrogen and oxygen atoms in total. The van der Waals surface area contributed by atoms with Crippen LogP contribution in [0.25, 0.3) is 5.69 Å². The lowest BCUT2D eigenvalue weighted by atomic mass is 10.0. The number of esters is 1. The number of tetrazole rings is 1. The zero-order chi connectivity index (χ0) is 15.7. The van der Waals surface area contributed by atoms with E-state index in [-0.39, 0.29) is 17.3 Å². The van der Waals surface area contributed by atoms with Crippen molar-refractivity contribution in [1.29, 1.82) is 0 Å². The van der Waals surface area contributed by atoms with Gasteiger partial charge >= 0.3 is 5.97 Å². The third-order valence-corrected chi connectivity index (χ3v) is 4.75. The Hall–Kier alpha value is -1.89. The molecule has 2 heterocycles. The normalized spacial score (nSPS) is 21.4. The van der Waals surface area contributed by atoms with Gasteiger partial charge in [-0.05, 0) is 41.0 Å². The van der Waals surface area contributed by atoms with E-state index in [9.17, 15) is 4.79 Å². The molecule has 2 aromatic rings. The number of hydrogen-bond acceptors (Lipinski definition) is 6. The molecule has 7 heteroatoms. The van der Waals surface area contributed by atoms with Crippen LogP contribution in [0.2, 0.25) is 0 Å². The summed E-state index contributed by atoms with van der Waals surface area (Å²) in [4.78, 5) is 11.8. The molecule has 0 radical (unpaired) electrons. The third-order valence-electron chi connectivity index (χ3n) is 3.62. The number of nitrogens with zero attached hydrogens (tertiary/aromatic N) is 4. The van der Waals surface area contributed by atoms with E-state index in [1.165, 1.54) is 17.3 Å². The highest BCUT2D eigenvalue weighted by Gasteiger charge is 2.34. The quantitative estimate of drug-likeness (QED) is 0.807. The molecule has 22 heavy (non-hydrogen) atoms. The number of thioether (sulfide) groups is 1. The van der Waals surface area contributed by atoms with Crippen LogP contribution in [-0.2, 0) is 9.53 Å². The van der Waals surface area contributed by atoms with Crippen LogP contribution in [0.1, 0.15) is 38.7 Å². The van der Waals surface area contributed by atoms with Crippen molar-refractivity contribution in [3.8, 4) is 5.69 Å². The molecule has 0 spiro atoms. The summed E-state index contributed by atoms with van der Waals surface area (Å²) in [5, 5.41) is 12.2. The maximum atomic E-state index is 11.8. The maximum Gasteiger partial charge on any atom is 0.319 e. The predicted molar refractivity (Wildman–Crippen MR) is 83.1 cm³/mol. The second-order valence-electron chi connectivity index (χ2n) is 5.71. The van der Waals surface area contributed by atoms with Crippen LogP contribution in [0.4, 0.5) is 0 Å². The molecule has 0 unspecified atom stereocenters. The van der Waals surface area contributed by atoms with E-state index >= 15 is 0 Å². The second-order valence-corrected chi connectivity index (χ2v) is 6.88. The Morgan fingerprint density at radius 3 is 2.64 bits per heavy atom. The molecule has 0 amide bonds. The molecule has 1 aliphatic heterocycles. The fourth-order valence-corrected chi connectivity index (χ4v) is 3.46. The minimum absolute atomic E-state index is 0.0420. The fourth-order valence-electron chi connectivity index (χ4n) is 2.36. The van der Waals surface area contributed by atoms with E-state index in [2.05, 4.69) is 41.5 Å². The van der Waals surface area contributed by atoms with Crippen molar-refractivity contribution in [2.75, 3.05) is 0 Å². The zero-order valence-corrected chi connectivity index (χ0v) is 13.6. The monoisotopic (exact) mass is 318 g/mol. The van der Waals surface area contributed by atoms with Crippen molar-refractivity contribution < 1.29 is 9.53 Å². The Labute approximate surface area is 133 Å². The van der Waals surface area contributed by atoms with E-state index in [4.69, 9.17) is 4.74 Å². The van der Waals surface area contributed by atoms with Gasteiger partial charge in [0.05, 0.1) is 5.69 Å². The molecular formula is C15H18N4O2S. The fraction of sp³-hybridized carbons (Fsp3) is 0.467. The van der Waals surface area contributed by atoms with Crippen molar-refractivity contribution in [3.63, 3.8) is 0 Å². The van der Waals surface area contributed by atoms with Gasteiger partial charge in [0.1, 0.15) is 11.4 Å². The zero-order valence-electron chi connectivity index (χ0n) is 12.8. The molecule has 0 bridgehead atoms. The van der Waals surface area contributed by atoms with E-state index < -0.39 is 0 Å². The lowest BCUT2D eigenvalue weighted by Crippen LogP contribution is -2.11. The molecule has 0 N–H and O–H groups in total. The highest BCUT2D eigenvalue weighted by atomic mass is 32.2. The largest absolute Gasteiger partial charge is 0.462 e. The van der Waals surface area contributed by atoms with E-state index in [1.807, 2.05) is 19.1 Å². The first-order valence-electron chi connectivity index (χ1n) is 7.30. The predicted octanol–water partition coefficient (Wildman–Crippen LogP) is 2.58. The molecule has 0 saturated carbocycles. The molecule has 1 aromatic heterocycles. The van der Waals surface area contributed by atoms with Crippen LogP contribution in [0.3, 0.4) is 0 Å². The summed E-state index contributed by atoms with van der Waals surface area (Å²) in [6.07, 6.45) is 0.641. The number of benzene rings is 1. The highest BCUT2D eigenvalue weighted by Crippen LogP contribution is 2.31. The van der Waals surface area contributed by atoms with E-state index in [0.29, 0.717) is 17.5 Å². The van der Waals surface area contributed by atoms with Crippen LogP contribution in [-0.4, -0.2) is 37.5 Å². The minimum atomic E-state index is -0.241. The van der Waals surface area contributed by atoms with Gasteiger partial charge in [0.2, 0.25) is 5.16 Å². The average molecular weight is 318 g/mol. The van der Waals surface area contributed by atoms with Gasteiger partial charge in [-0.2, -0.15) is 4.68 Å². The second kappa shape index (κ2) is 6.08. The smallest absolute Gasteiger partial charge is 0.319 e. The molecule has 1 fully saturated rings. The van der Waals surface area contributed by atoms with Crippen LogP contribution in [0.15, 0.2) is 29.4 Å². The molecule has 0 aliphatic carbocycles. The molecule has 2 atom stereocenters. The summed E-state index contributed by atoms with van der Waals surface area (Å²) in [6.45, 7) is 6.20. The highest BCUT2D eigenvalue weighted by molar-refractivity contribution is 8.00. The van der Waals surface area contributed by atoms with E-state index in [1.54, 1.807) is 4.68 Å². The summed E-state index contributed by atoms with van der Waals surface area (Å²) in [7, 11) is 0. The van der Waals surface area contributed by atoms with Crippen LogP contribution >= 0.6 is 11.8 Å². The summed E-state index contributed by atoms with van der Waals surface area (Å²) >= 11 is 1.35. The van der Waals surface area contributed by atoms with Gasteiger partial charge in [-0.3, -0.25) is 4.79 Å². The first kappa shape index (κ1) is 15.0. The number of carbonyl (C=O) groups is 1. The van der Waals surface area contributed by atoms with Crippen LogP contribution < -0.4 is 0 Å². The first-order chi connectivity index (χ1) is 10.5. The Morgan fingerprint density at radius 1 is 1.32 bits per heavy atom. The number of carbonyl (C=O) groups excluding carboxylic acids is 1. The SMILES string of the molecule is CC(C)c1ccc(-n2nnnc2S[C@H]2C[C@H](C)OC2=O)cc1. The molecule has 3 rings (SSSR count). The number of cyclic esters (lactones) is 1. The maximum absolute atomic E-state index is 11.8. The van der Waals surface area contributed by atoms with Crippen molar-refractivity contribution in [3.05, 3.63) is 29.8 Å². The number of rotatable bonds is 4. The summed E-state index contributed by atoms with van der Waals surface area (Å²) < 4.78 is 6.83. The Kier molecular flexibility index (Phi) is 4.15. The standard InChI is InChI=1S/C15H18N4O2S/c1-9(2)11-4-6-12(7-5-11)19-15(16-17-18-19)22-13-8-10(3)21-14(13)20/h4-7,9-10,13H,8H2,1-3H3/t10-,13-/m0/s1. The summed E-state index contributed by atoms with van der Waals surface area (Å²) in [5.41, 5.74) is 2.15. The van der Waals surface area contributed by atoms with Gasteiger partial charge in [0.15, 0.2) is 0 Å². The lowest BCUT2D eigenvalue weighted by Gasteiger charge is -2.08. The van der Waals surface area contributed by atoms with Crippen molar-refractivity contribution in [2.24, 2.45) is 0 Å². The number of aromatic nitrogens is 4. The van der Waals surface area contributed by atoms with Gasteiger partial charge in [-0.15, -0.1) is 5.10 Å². The Bertz CT molecular complexity index is 668. The number of ether oxygens (including phenoxy) is 1. The molecule has 1 aromatic carbocycles. The van der Waals surface area contributed by atoms with Crippen molar-refractivity contribution in [2.45, 2.75) is 49.6 Å². The minimum Gasteiger partial charge on any atom is -0.462 e. The topological polar surface area (TPSA) is 69.9 Å². The van der Waals surface area contributed by atoms with Crippen molar-refractivity contribution >= 4 is 17.7 Å². The summed E-state index contributed by atoms with van der Waals surface area (Å²) in [5.74, 6) is 0.286. The van der Waals surface area contributed by atoms with Gasteiger partial charge < -0.3 is 4.74 Å². The van der Waals surface area contributed by atoms with Gasteiger partial charge in [0, 0.05) is 6.42 Å². The lowest BCUT2D eigenvalue weighted by molar-refractivity contribution is -0.140. The Morgan fingerprint density at radius 2 is 2.05 bits per heavy atom. The van der Waals surface area contributed by atoms with Crippen molar-refractivity contribution in [1.82, 2.24) is 20.2 Å². The van der Waals surface area contributed by atoms with Gasteiger partial charge in [-0.25, -0.2) is 0 Å². The van der Waals surface area contributed by atoms with Crippen LogP contribution in [0.5, 0.6) is 0 Å². The van der Waals surface area contributed by atoms with E-state index in [0.717, 1.165) is 5.69 Å². The Balaban J connectivity index is 1.81. The number of hydrogen-bond donors (Lipinski definition) is 0. The third kappa shape index (κ3) is 2.99. The molecule has 1 saturated heterocycles. The average Bonchev–Trinajstić information content (AvgIpc) is 3.06. The molecule has 1 aliphatic rings. The molecule has 116 valence electrons. The molecular weight excluding hydrogens is 300 g/mol. The summed E-state index contributed by atoms with van der Waals surface area (Å²) in [6, 6.07) is 8.13. The van der Waals surface area contributed by atoms with Gasteiger partial charge in [0.25, 0.3) is 0 Å². The van der Waals surface area contributed by atoms with Gasteiger partial charge in [-0.1, -0.05) is 37.7 Å².